The third-order valence-corrected chi connectivity index (χ3v) is 2.67. The fourth-order valence-corrected chi connectivity index (χ4v) is 1.95. The smallest absolute Gasteiger partial charge is 0.239 e. The maximum atomic E-state index is 14.0. The molecule has 0 spiro atoms. The molecule has 1 rings (SSSR count). The Morgan fingerprint density at radius 3 is 2.30 bits per heavy atom. The van der Waals surface area contributed by atoms with E-state index in [0.717, 1.165) is 0 Å². The summed E-state index contributed by atoms with van der Waals surface area (Å²) in [6, 6.07) is 2.53. The summed E-state index contributed by atoms with van der Waals surface area (Å²) in [6.45, 7) is 3.93. The van der Waals surface area contributed by atoms with Gasteiger partial charge in [-0.15, -0.1) is 0 Å². The summed E-state index contributed by atoms with van der Waals surface area (Å²) >= 11 is 0. The lowest BCUT2D eigenvalue weighted by atomic mass is 10.1. The van der Waals surface area contributed by atoms with Crippen LogP contribution in [0.15, 0.2) is 12.1 Å². The normalized spacial score (nSPS) is 10.8. The van der Waals surface area contributed by atoms with Crippen molar-refractivity contribution in [2.75, 3.05) is 25.5 Å². The average molecular weight is 285 g/mol. The van der Waals surface area contributed by atoms with Crippen molar-refractivity contribution in [3.63, 3.8) is 0 Å². The van der Waals surface area contributed by atoms with Crippen molar-refractivity contribution in [3.05, 3.63) is 29.3 Å². The van der Waals surface area contributed by atoms with Gasteiger partial charge in [-0.25, -0.2) is 8.78 Å². The first-order valence-corrected chi connectivity index (χ1v) is 6.48. The molecule has 1 amide bonds. The van der Waals surface area contributed by atoms with E-state index in [2.05, 4.69) is 10.6 Å². The number of carbonyl (C=O) groups excluding carboxylic acids is 1. The van der Waals surface area contributed by atoms with E-state index in [1.807, 2.05) is 13.8 Å². The Hall–Kier alpha value is -1.69. The van der Waals surface area contributed by atoms with Gasteiger partial charge in [0.05, 0.1) is 6.54 Å². The van der Waals surface area contributed by atoms with Crippen molar-refractivity contribution in [1.29, 1.82) is 0 Å². The molecule has 4 nitrogen and oxygen atoms in total. The van der Waals surface area contributed by atoms with Gasteiger partial charge in [0.2, 0.25) is 5.91 Å². The number of nitrogens with zero attached hydrogens (tertiary/aromatic N) is 1. The summed E-state index contributed by atoms with van der Waals surface area (Å²) in [7, 11) is 3.19. The van der Waals surface area contributed by atoms with E-state index in [4.69, 9.17) is 0 Å². The Morgan fingerprint density at radius 1 is 1.30 bits per heavy atom. The van der Waals surface area contributed by atoms with Gasteiger partial charge in [0.25, 0.3) is 0 Å². The van der Waals surface area contributed by atoms with Crippen molar-refractivity contribution in [2.45, 2.75) is 26.4 Å². The second kappa shape index (κ2) is 7.19. The van der Waals surface area contributed by atoms with Crippen LogP contribution in [-0.2, 0) is 11.3 Å². The molecule has 0 aliphatic carbocycles. The summed E-state index contributed by atoms with van der Waals surface area (Å²) in [5, 5.41) is 5.51. The van der Waals surface area contributed by atoms with Gasteiger partial charge >= 0.3 is 0 Å². The van der Waals surface area contributed by atoms with Gasteiger partial charge < -0.3 is 15.5 Å². The second-order valence-electron chi connectivity index (χ2n) is 5.02. The Labute approximate surface area is 118 Å². The first-order valence-electron chi connectivity index (χ1n) is 6.48. The highest BCUT2D eigenvalue weighted by molar-refractivity contribution is 5.81. The van der Waals surface area contributed by atoms with Crippen LogP contribution in [0.3, 0.4) is 0 Å². The molecule has 0 aromatic heterocycles. The minimum absolute atomic E-state index is 0.0106. The zero-order valence-corrected chi connectivity index (χ0v) is 12.3. The summed E-state index contributed by atoms with van der Waals surface area (Å²) in [6.07, 6.45) is 0. The zero-order valence-electron chi connectivity index (χ0n) is 12.3. The highest BCUT2D eigenvalue weighted by Gasteiger charge is 2.17. The highest BCUT2D eigenvalue weighted by atomic mass is 19.1. The molecule has 0 saturated carbocycles. The zero-order chi connectivity index (χ0) is 15.3. The Balaban J connectivity index is 2.87. The predicted molar refractivity (Wildman–Crippen MR) is 75.7 cm³/mol. The van der Waals surface area contributed by atoms with Crippen molar-refractivity contribution in [3.8, 4) is 0 Å². The molecule has 0 atom stereocenters. The Bertz CT molecular complexity index is 454. The van der Waals surface area contributed by atoms with Gasteiger partial charge in [-0.2, -0.15) is 0 Å². The maximum absolute atomic E-state index is 14.0. The van der Waals surface area contributed by atoms with Crippen LogP contribution in [0.2, 0.25) is 0 Å². The molecular formula is C14H21F2N3O. The van der Waals surface area contributed by atoms with Crippen LogP contribution < -0.4 is 15.5 Å². The molecule has 112 valence electrons. The number of rotatable bonds is 6. The quantitative estimate of drug-likeness (QED) is 0.835. The molecule has 0 unspecified atom stereocenters. The number of carbonyl (C=O) groups is 1. The van der Waals surface area contributed by atoms with Crippen LogP contribution >= 0.6 is 0 Å². The van der Waals surface area contributed by atoms with Crippen LogP contribution in [0, 0.1) is 11.6 Å². The predicted octanol–water partition coefficient (Wildman–Crippen LogP) is 1.64. The third-order valence-electron chi connectivity index (χ3n) is 2.67. The first kappa shape index (κ1) is 16.4. The number of anilines is 1. The van der Waals surface area contributed by atoms with Crippen molar-refractivity contribution in [1.82, 2.24) is 10.6 Å². The standard InChI is InChI=1S/C14H21F2N3O/c1-9(2)18-13(20)8-19(4)14-11(15)5-10(7-17-3)6-12(14)16/h5-6,9,17H,7-8H2,1-4H3,(H,18,20). The van der Waals surface area contributed by atoms with Gasteiger partial charge in [-0.3, -0.25) is 4.79 Å². The molecule has 0 aliphatic heterocycles. The van der Waals surface area contributed by atoms with Crippen molar-refractivity contribution < 1.29 is 13.6 Å². The molecule has 0 heterocycles. The van der Waals surface area contributed by atoms with E-state index in [-0.39, 0.29) is 24.2 Å². The van der Waals surface area contributed by atoms with Gasteiger partial charge in [-0.05, 0) is 38.6 Å². The SMILES string of the molecule is CNCc1cc(F)c(N(C)CC(=O)NC(C)C)c(F)c1. The summed E-state index contributed by atoms with van der Waals surface area (Å²) in [5.41, 5.74) is 0.329. The van der Waals surface area contributed by atoms with Gasteiger partial charge in [0.15, 0.2) is 0 Å². The molecule has 1 aromatic carbocycles. The Morgan fingerprint density at radius 2 is 1.85 bits per heavy atom. The van der Waals surface area contributed by atoms with Crippen molar-refractivity contribution >= 4 is 11.6 Å². The first-order chi connectivity index (χ1) is 9.35. The molecule has 0 aliphatic rings. The molecule has 20 heavy (non-hydrogen) atoms. The number of halogens is 2. The van der Waals surface area contributed by atoms with Crippen LogP contribution in [0.25, 0.3) is 0 Å². The molecule has 0 saturated heterocycles. The molecule has 1 aromatic rings. The number of likely N-dealkylation sites (N-methyl/N-ethyl adjacent to an activating group) is 1. The number of amides is 1. The van der Waals surface area contributed by atoms with E-state index in [0.29, 0.717) is 12.1 Å². The molecular weight excluding hydrogens is 264 g/mol. The topological polar surface area (TPSA) is 44.4 Å². The molecule has 0 fully saturated rings. The van der Waals surface area contributed by atoms with E-state index in [9.17, 15) is 13.6 Å². The van der Waals surface area contributed by atoms with E-state index >= 15 is 0 Å². The van der Waals surface area contributed by atoms with E-state index in [1.54, 1.807) is 7.05 Å². The minimum atomic E-state index is -0.671. The number of hydrogen-bond acceptors (Lipinski definition) is 3. The number of hydrogen-bond donors (Lipinski definition) is 2. The highest BCUT2D eigenvalue weighted by Crippen LogP contribution is 2.24. The summed E-state index contributed by atoms with van der Waals surface area (Å²) in [4.78, 5) is 12.9. The Kier molecular flexibility index (Phi) is 5.88. The van der Waals surface area contributed by atoms with Crippen LogP contribution in [0.4, 0.5) is 14.5 Å². The van der Waals surface area contributed by atoms with Crippen LogP contribution in [-0.4, -0.2) is 32.6 Å². The maximum Gasteiger partial charge on any atom is 0.239 e. The fourth-order valence-electron chi connectivity index (χ4n) is 1.95. The van der Waals surface area contributed by atoms with Crippen molar-refractivity contribution in [2.24, 2.45) is 0 Å². The lowest BCUT2D eigenvalue weighted by Gasteiger charge is -2.21. The molecule has 2 N–H and O–H groups in total. The monoisotopic (exact) mass is 285 g/mol. The number of nitrogens with one attached hydrogen (secondary N) is 2. The largest absolute Gasteiger partial charge is 0.361 e. The average Bonchev–Trinajstić information content (AvgIpc) is 2.26. The lowest BCUT2D eigenvalue weighted by Crippen LogP contribution is -2.39. The molecule has 0 bridgehead atoms. The number of benzene rings is 1. The van der Waals surface area contributed by atoms with E-state index < -0.39 is 11.6 Å². The van der Waals surface area contributed by atoms with Gasteiger partial charge in [0, 0.05) is 19.6 Å². The molecule has 0 radical (unpaired) electrons. The van der Waals surface area contributed by atoms with Crippen LogP contribution in [0.5, 0.6) is 0 Å². The second-order valence-corrected chi connectivity index (χ2v) is 5.02. The van der Waals surface area contributed by atoms with Crippen LogP contribution in [0.1, 0.15) is 19.4 Å². The lowest BCUT2D eigenvalue weighted by molar-refractivity contribution is -0.120. The van der Waals surface area contributed by atoms with E-state index in [1.165, 1.54) is 24.1 Å². The third kappa shape index (κ3) is 4.45. The minimum Gasteiger partial charge on any atom is -0.361 e. The fraction of sp³-hybridized carbons (Fsp3) is 0.500. The van der Waals surface area contributed by atoms with Gasteiger partial charge in [0.1, 0.15) is 17.3 Å². The summed E-state index contributed by atoms with van der Waals surface area (Å²) < 4.78 is 27.9. The van der Waals surface area contributed by atoms with Gasteiger partial charge in [-0.1, -0.05) is 0 Å². The summed E-state index contributed by atoms with van der Waals surface area (Å²) in [5.74, 6) is -1.62. The molecule has 6 heteroatoms.